The van der Waals surface area contributed by atoms with Gasteiger partial charge in [0.2, 0.25) is 11.6 Å². The number of halogens is 2. The number of rotatable bonds is 5. The summed E-state index contributed by atoms with van der Waals surface area (Å²) in [5.41, 5.74) is 7.22. The van der Waals surface area contributed by atoms with Crippen LogP contribution in [0.2, 0.25) is 0 Å². The minimum Gasteiger partial charge on any atom is -0.449 e. The second-order valence-corrected chi connectivity index (χ2v) is 13.4. The SMILES string of the molecule is CC1(C)Oc2ccc(-c3ccc(-c4ccc5c(c4)OC(C)(C)O5)c(N(c4ccc(Br)cc4)c4ccc(Br)cc4)c3)cc2O1. The van der Waals surface area contributed by atoms with Gasteiger partial charge in [0, 0.05) is 53.6 Å². The summed E-state index contributed by atoms with van der Waals surface area (Å²) in [4.78, 5) is 2.28. The molecule has 0 N–H and O–H groups in total. The van der Waals surface area contributed by atoms with Crippen LogP contribution in [0, 0.1) is 0 Å². The normalized spacial score (nSPS) is 15.4. The lowest BCUT2D eigenvalue weighted by atomic mass is 9.96. The van der Waals surface area contributed by atoms with Crippen LogP contribution in [0.15, 0.2) is 112 Å². The van der Waals surface area contributed by atoms with Gasteiger partial charge in [-0.3, -0.25) is 0 Å². The van der Waals surface area contributed by atoms with Gasteiger partial charge in [0.25, 0.3) is 0 Å². The van der Waals surface area contributed by atoms with Gasteiger partial charge < -0.3 is 23.8 Å². The van der Waals surface area contributed by atoms with Crippen LogP contribution in [0.3, 0.4) is 0 Å². The highest BCUT2D eigenvalue weighted by atomic mass is 79.9. The van der Waals surface area contributed by atoms with Gasteiger partial charge in [-0.25, -0.2) is 0 Å². The topological polar surface area (TPSA) is 40.2 Å². The Balaban J connectivity index is 1.43. The summed E-state index contributed by atoms with van der Waals surface area (Å²) >= 11 is 7.22. The van der Waals surface area contributed by atoms with Gasteiger partial charge in [0.1, 0.15) is 0 Å². The molecule has 0 fully saturated rings. The van der Waals surface area contributed by atoms with Crippen molar-refractivity contribution in [3.05, 3.63) is 112 Å². The highest BCUT2D eigenvalue weighted by Crippen LogP contribution is 2.48. The fourth-order valence-corrected chi connectivity index (χ4v) is 6.07. The first-order valence-corrected chi connectivity index (χ1v) is 15.6. The summed E-state index contributed by atoms with van der Waals surface area (Å²) in [5.74, 6) is 1.57. The van der Waals surface area contributed by atoms with Crippen molar-refractivity contribution in [3.63, 3.8) is 0 Å². The van der Waals surface area contributed by atoms with E-state index in [-0.39, 0.29) is 0 Å². The van der Waals surface area contributed by atoms with E-state index in [1.807, 2.05) is 39.8 Å². The second-order valence-electron chi connectivity index (χ2n) is 11.6. The molecule has 7 heteroatoms. The number of hydrogen-bond acceptors (Lipinski definition) is 5. The molecule has 2 heterocycles. The fourth-order valence-electron chi connectivity index (χ4n) is 5.54. The molecule has 2 aliphatic heterocycles. The van der Waals surface area contributed by atoms with E-state index >= 15 is 0 Å². The Labute approximate surface area is 268 Å². The monoisotopic (exact) mass is 697 g/mol. The largest absolute Gasteiger partial charge is 0.449 e. The van der Waals surface area contributed by atoms with E-state index < -0.39 is 11.6 Å². The molecule has 0 unspecified atom stereocenters. The first-order valence-electron chi connectivity index (χ1n) is 14.0. The number of anilines is 3. The highest BCUT2D eigenvalue weighted by Gasteiger charge is 2.33. The summed E-state index contributed by atoms with van der Waals surface area (Å²) in [7, 11) is 0. The van der Waals surface area contributed by atoms with E-state index in [4.69, 9.17) is 18.9 Å². The van der Waals surface area contributed by atoms with Gasteiger partial charge in [-0.15, -0.1) is 0 Å². The Hall–Kier alpha value is -3.94. The van der Waals surface area contributed by atoms with Gasteiger partial charge in [-0.2, -0.15) is 0 Å². The molecular weight excluding hydrogens is 670 g/mol. The molecule has 43 heavy (non-hydrogen) atoms. The van der Waals surface area contributed by atoms with Gasteiger partial charge in [-0.1, -0.05) is 56.1 Å². The van der Waals surface area contributed by atoms with E-state index in [0.29, 0.717) is 0 Å². The zero-order valence-corrected chi connectivity index (χ0v) is 27.3. The third-order valence-corrected chi connectivity index (χ3v) is 8.42. The minimum atomic E-state index is -0.706. The Morgan fingerprint density at radius 1 is 0.465 bits per heavy atom. The molecule has 0 saturated heterocycles. The van der Waals surface area contributed by atoms with Gasteiger partial charge >= 0.3 is 0 Å². The maximum atomic E-state index is 6.13. The Kier molecular flexibility index (Phi) is 6.71. The molecule has 0 amide bonds. The highest BCUT2D eigenvalue weighted by molar-refractivity contribution is 9.10. The Morgan fingerprint density at radius 3 is 1.42 bits per heavy atom. The maximum Gasteiger partial charge on any atom is 0.246 e. The quantitative estimate of drug-likeness (QED) is 0.183. The van der Waals surface area contributed by atoms with E-state index in [1.165, 1.54) is 0 Å². The van der Waals surface area contributed by atoms with Crippen molar-refractivity contribution in [2.75, 3.05) is 4.90 Å². The molecular formula is C36H29Br2NO4. The Morgan fingerprint density at radius 2 is 0.884 bits per heavy atom. The van der Waals surface area contributed by atoms with Crippen molar-refractivity contribution >= 4 is 48.9 Å². The second kappa shape index (κ2) is 10.4. The van der Waals surface area contributed by atoms with Crippen LogP contribution < -0.4 is 23.8 Å². The first kappa shape index (κ1) is 27.9. The molecule has 0 spiro atoms. The Bertz CT molecular complexity index is 1800. The number of fused-ring (bicyclic) bond motifs is 2. The van der Waals surface area contributed by atoms with Crippen LogP contribution in [-0.4, -0.2) is 11.6 Å². The molecule has 0 aromatic heterocycles. The van der Waals surface area contributed by atoms with Crippen LogP contribution in [0.4, 0.5) is 17.1 Å². The van der Waals surface area contributed by atoms with E-state index in [2.05, 4.69) is 128 Å². The summed E-state index contributed by atoms with van der Waals surface area (Å²) < 4.78 is 26.2. The third-order valence-electron chi connectivity index (χ3n) is 7.36. The van der Waals surface area contributed by atoms with Crippen molar-refractivity contribution in [2.24, 2.45) is 0 Å². The molecule has 0 bridgehead atoms. The smallest absolute Gasteiger partial charge is 0.246 e. The van der Waals surface area contributed by atoms with Gasteiger partial charge in [0.15, 0.2) is 23.0 Å². The van der Waals surface area contributed by atoms with Crippen molar-refractivity contribution in [1.29, 1.82) is 0 Å². The molecule has 0 radical (unpaired) electrons. The molecule has 0 aliphatic carbocycles. The molecule has 5 aromatic rings. The molecule has 0 saturated carbocycles. The number of ether oxygens (including phenoxy) is 4. The van der Waals surface area contributed by atoms with Crippen LogP contribution >= 0.6 is 31.9 Å². The zero-order chi connectivity index (χ0) is 29.9. The van der Waals surface area contributed by atoms with Crippen LogP contribution in [0.1, 0.15) is 27.7 Å². The summed E-state index contributed by atoms with van der Waals surface area (Å²) in [5, 5.41) is 0. The van der Waals surface area contributed by atoms with Crippen molar-refractivity contribution in [3.8, 4) is 45.3 Å². The fraction of sp³-hybridized carbons (Fsp3) is 0.167. The molecule has 0 atom stereocenters. The molecule has 216 valence electrons. The molecule has 5 nitrogen and oxygen atoms in total. The third kappa shape index (κ3) is 5.48. The number of nitrogens with zero attached hydrogens (tertiary/aromatic N) is 1. The standard InChI is InChI=1S/C36H29Br2NO4/c1-35(2)40-31-17-6-23(20-33(31)42-35)22-5-16-29(24-7-18-32-34(21-24)43-36(3,4)41-32)30(19-22)39(27-12-8-25(37)9-13-27)28-14-10-26(38)11-15-28/h5-21H,1-4H3. The lowest BCUT2D eigenvalue weighted by Gasteiger charge is -2.28. The average molecular weight is 699 g/mol. The molecule has 5 aromatic carbocycles. The van der Waals surface area contributed by atoms with E-state index in [9.17, 15) is 0 Å². The first-order chi connectivity index (χ1) is 20.5. The predicted octanol–water partition coefficient (Wildman–Crippen LogP) is 11.0. The number of hydrogen-bond donors (Lipinski definition) is 0. The van der Waals surface area contributed by atoms with Crippen molar-refractivity contribution in [1.82, 2.24) is 0 Å². The lowest BCUT2D eigenvalue weighted by molar-refractivity contribution is -0.0437. The van der Waals surface area contributed by atoms with E-state index in [1.54, 1.807) is 0 Å². The maximum absolute atomic E-state index is 6.13. The van der Waals surface area contributed by atoms with Crippen molar-refractivity contribution in [2.45, 2.75) is 39.3 Å². The summed E-state index contributed by atoms with van der Waals surface area (Å²) in [6.45, 7) is 7.67. The predicted molar refractivity (Wildman–Crippen MR) is 178 cm³/mol. The van der Waals surface area contributed by atoms with Crippen LogP contribution in [-0.2, 0) is 0 Å². The number of benzene rings is 5. The van der Waals surface area contributed by atoms with Gasteiger partial charge in [-0.05, 0) is 95.6 Å². The summed E-state index contributed by atoms with van der Waals surface area (Å²) in [6, 6.07) is 35.5. The summed E-state index contributed by atoms with van der Waals surface area (Å²) in [6.07, 6.45) is 0. The molecule has 2 aliphatic rings. The average Bonchev–Trinajstić information content (AvgIpc) is 3.46. The lowest BCUT2D eigenvalue weighted by Crippen LogP contribution is -2.29. The minimum absolute atomic E-state index is 0.691. The van der Waals surface area contributed by atoms with E-state index in [0.717, 1.165) is 71.3 Å². The van der Waals surface area contributed by atoms with Crippen LogP contribution in [0.5, 0.6) is 23.0 Å². The van der Waals surface area contributed by atoms with Gasteiger partial charge in [0.05, 0.1) is 5.69 Å². The zero-order valence-electron chi connectivity index (χ0n) is 24.2. The van der Waals surface area contributed by atoms with Crippen LogP contribution in [0.25, 0.3) is 22.3 Å². The van der Waals surface area contributed by atoms with Crippen molar-refractivity contribution < 1.29 is 18.9 Å². The molecule has 7 rings (SSSR count).